The van der Waals surface area contributed by atoms with E-state index in [2.05, 4.69) is 23.8 Å². The zero-order chi connectivity index (χ0) is 20.5. The summed E-state index contributed by atoms with van der Waals surface area (Å²) >= 11 is 0. The van der Waals surface area contributed by atoms with E-state index in [1.54, 1.807) is 6.07 Å². The molecule has 1 aromatic carbocycles. The summed E-state index contributed by atoms with van der Waals surface area (Å²) in [6.45, 7) is 8.11. The molecule has 3 unspecified atom stereocenters. The van der Waals surface area contributed by atoms with Crippen molar-refractivity contribution in [3.8, 4) is 11.5 Å². The van der Waals surface area contributed by atoms with Crippen molar-refractivity contribution in [3.05, 3.63) is 36.4 Å². The van der Waals surface area contributed by atoms with E-state index in [0.29, 0.717) is 0 Å². The molecule has 5 heteroatoms. The van der Waals surface area contributed by atoms with Gasteiger partial charge < -0.3 is 21.1 Å². The predicted molar refractivity (Wildman–Crippen MR) is 113 cm³/mol. The molecule has 0 spiro atoms. The second-order valence-corrected chi connectivity index (χ2v) is 8.59. The maximum Gasteiger partial charge on any atom is 0.161 e. The summed E-state index contributed by atoms with van der Waals surface area (Å²) in [5.74, 6) is 0.788. The molecule has 3 atom stereocenters. The van der Waals surface area contributed by atoms with Gasteiger partial charge in [0.25, 0.3) is 0 Å². The predicted octanol–water partition coefficient (Wildman–Crippen LogP) is 3.06. The van der Waals surface area contributed by atoms with E-state index in [1.165, 1.54) is 19.9 Å². The minimum absolute atomic E-state index is 0.0157. The van der Waals surface area contributed by atoms with E-state index < -0.39 is 5.60 Å². The van der Waals surface area contributed by atoms with Crippen molar-refractivity contribution in [1.82, 2.24) is 4.90 Å². The second kappa shape index (κ2) is 8.05. The van der Waals surface area contributed by atoms with Gasteiger partial charge in [0.2, 0.25) is 0 Å². The number of aromatic hydroxyl groups is 2. The molecule has 2 bridgehead atoms. The van der Waals surface area contributed by atoms with Crippen LogP contribution in [0.1, 0.15) is 56.1 Å². The van der Waals surface area contributed by atoms with E-state index in [4.69, 9.17) is 0 Å². The Morgan fingerprint density at radius 1 is 1.11 bits per heavy atom. The van der Waals surface area contributed by atoms with Crippen LogP contribution in [0, 0.1) is 5.92 Å². The maximum atomic E-state index is 11.9. The van der Waals surface area contributed by atoms with Gasteiger partial charge in [0.05, 0.1) is 5.60 Å². The van der Waals surface area contributed by atoms with Gasteiger partial charge in [-0.1, -0.05) is 18.9 Å². The van der Waals surface area contributed by atoms with E-state index in [-0.39, 0.29) is 23.0 Å². The number of hydrogen-bond acceptors (Lipinski definition) is 5. The molecular formula is C23H36N2O3. The summed E-state index contributed by atoms with van der Waals surface area (Å²) < 4.78 is 0. The van der Waals surface area contributed by atoms with E-state index in [9.17, 15) is 15.3 Å². The number of rotatable bonds is 2. The highest BCUT2D eigenvalue weighted by molar-refractivity contribution is 5.57. The van der Waals surface area contributed by atoms with Crippen LogP contribution in [0.2, 0.25) is 0 Å². The normalized spacial score (nSPS) is 33.3. The molecule has 5 N–H and O–H groups in total. The number of nitrogens with zero attached hydrogens (tertiary/aromatic N) is 1. The third-order valence-corrected chi connectivity index (χ3v) is 7.38. The number of piperidine rings is 1. The first-order valence-corrected chi connectivity index (χ1v) is 10.6. The molecule has 28 heavy (non-hydrogen) atoms. The van der Waals surface area contributed by atoms with Gasteiger partial charge in [-0.25, -0.2) is 0 Å². The number of nitrogens with two attached hydrogens (primary N) is 1. The number of benzene rings is 1. The number of hydrogen-bond donors (Lipinski definition) is 4. The molecule has 0 aromatic heterocycles. The van der Waals surface area contributed by atoms with Crippen LogP contribution in [-0.2, 0) is 11.8 Å². The Bertz CT molecular complexity index is 705. The molecule has 4 aliphatic rings. The lowest BCUT2D eigenvalue weighted by molar-refractivity contribution is -0.167. The molecule has 3 aliphatic carbocycles. The van der Waals surface area contributed by atoms with Gasteiger partial charge in [-0.3, -0.25) is 4.90 Å². The Morgan fingerprint density at radius 3 is 2.46 bits per heavy atom. The van der Waals surface area contributed by atoms with Crippen LogP contribution < -0.4 is 5.73 Å². The van der Waals surface area contributed by atoms with Gasteiger partial charge in [-0.15, -0.1) is 13.2 Å². The van der Waals surface area contributed by atoms with Crippen molar-refractivity contribution in [2.24, 2.45) is 11.7 Å². The Kier molecular flexibility index (Phi) is 6.08. The first-order chi connectivity index (χ1) is 13.6. The summed E-state index contributed by atoms with van der Waals surface area (Å²) in [7, 11) is 1.50. The number of fused-ring (bicyclic) bond motifs is 1. The van der Waals surface area contributed by atoms with Crippen LogP contribution in [0.4, 0.5) is 0 Å². The highest BCUT2D eigenvalue weighted by Gasteiger charge is 2.64. The molecular weight excluding hydrogens is 352 g/mol. The first-order valence-electron chi connectivity index (χ1n) is 10.6. The van der Waals surface area contributed by atoms with Gasteiger partial charge >= 0.3 is 0 Å². The summed E-state index contributed by atoms with van der Waals surface area (Å²) in [6, 6.07) is 3.73. The van der Waals surface area contributed by atoms with E-state index >= 15 is 0 Å². The number of phenols is 2. The van der Waals surface area contributed by atoms with Crippen molar-refractivity contribution in [2.45, 2.75) is 68.4 Å². The van der Waals surface area contributed by atoms with Gasteiger partial charge in [0.15, 0.2) is 11.5 Å². The quantitative estimate of drug-likeness (QED) is 0.462. The average Bonchev–Trinajstić information content (AvgIpc) is 3.54. The topological polar surface area (TPSA) is 90.0 Å². The van der Waals surface area contributed by atoms with Gasteiger partial charge in [0, 0.05) is 23.6 Å². The Hall–Kier alpha value is -1.56. The Morgan fingerprint density at radius 2 is 1.79 bits per heavy atom. The third-order valence-electron chi connectivity index (χ3n) is 7.38. The number of likely N-dealkylation sites (tertiary alicyclic amines) is 1. The number of phenolic OH excluding ortho intramolecular Hbond substituents is 2. The third kappa shape index (κ3) is 3.04. The fourth-order valence-corrected chi connectivity index (χ4v) is 6.05. The van der Waals surface area contributed by atoms with Crippen LogP contribution in [0.5, 0.6) is 11.5 Å². The smallest absolute Gasteiger partial charge is 0.161 e. The maximum absolute atomic E-state index is 11.9. The van der Waals surface area contributed by atoms with Crippen LogP contribution in [-0.4, -0.2) is 52.0 Å². The van der Waals surface area contributed by atoms with Crippen molar-refractivity contribution in [1.29, 1.82) is 0 Å². The molecule has 1 aliphatic heterocycles. The van der Waals surface area contributed by atoms with Crippen molar-refractivity contribution < 1.29 is 15.3 Å². The molecule has 0 radical (unpaired) electrons. The van der Waals surface area contributed by atoms with Gasteiger partial charge in [-0.05, 0) is 69.7 Å². The molecule has 3 fully saturated rings. The fourth-order valence-electron chi connectivity index (χ4n) is 6.05. The van der Waals surface area contributed by atoms with Crippen molar-refractivity contribution in [2.75, 3.05) is 20.1 Å². The molecule has 2 saturated carbocycles. The largest absolute Gasteiger partial charge is 0.504 e. The lowest BCUT2D eigenvalue weighted by Gasteiger charge is -2.64. The number of aliphatic hydroxyl groups is 1. The van der Waals surface area contributed by atoms with Crippen LogP contribution >= 0.6 is 0 Å². The summed E-state index contributed by atoms with van der Waals surface area (Å²) in [5, 5.41) is 32.6. The minimum Gasteiger partial charge on any atom is -0.504 e. The standard InChI is InChI=1S/C20H27NO3.C2H4.CH5N/c22-15-6-5-14-11-16-20(24)8-2-1-7-19(20,17(14)18(15)23)9-10-21(16)12-13-3-4-13;2*1-2/h5-6,13,16,22-24H,1-4,7-12H2;1-2H2;2H2,1H3. The zero-order valence-electron chi connectivity index (χ0n) is 17.2. The second-order valence-electron chi connectivity index (χ2n) is 8.59. The Balaban J connectivity index is 0.000000531. The van der Waals surface area contributed by atoms with E-state index in [1.807, 2.05) is 6.07 Å². The zero-order valence-corrected chi connectivity index (χ0v) is 17.2. The highest BCUT2D eigenvalue weighted by atomic mass is 16.3. The summed E-state index contributed by atoms with van der Waals surface area (Å²) in [5.41, 5.74) is 5.33. The van der Waals surface area contributed by atoms with Crippen LogP contribution in [0.15, 0.2) is 25.3 Å². The van der Waals surface area contributed by atoms with Gasteiger partial charge in [0.1, 0.15) is 0 Å². The first kappa shape index (κ1) is 21.2. The van der Waals surface area contributed by atoms with Gasteiger partial charge in [-0.2, -0.15) is 0 Å². The van der Waals surface area contributed by atoms with Crippen molar-refractivity contribution in [3.63, 3.8) is 0 Å². The van der Waals surface area contributed by atoms with Crippen LogP contribution in [0.25, 0.3) is 0 Å². The summed E-state index contributed by atoms with van der Waals surface area (Å²) in [4.78, 5) is 2.54. The molecule has 1 aromatic rings. The van der Waals surface area contributed by atoms with Crippen molar-refractivity contribution >= 4 is 0 Å². The molecule has 1 heterocycles. The Labute approximate surface area is 168 Å². The average molecular weight is 389 g/mol. The lowest BCUT2D eigenvalue weighted by atomic mass is 9.49. The minimum atomic E-state index is -0.767. The SMILES string of the molecule is C=C.CN.Oc1ccc2c(c1O)C13CCCCC1(O)C(C2)N(CC1CC1)CC3. The molecule has 1 saturated heterocycles. The highest BCUT2D eigenvalue weighted by Crippen LogP contribution is 2.61. The molecule has 5 nitrogen and oxygen atoms in total. The van der Waals surface area contributed by atoms with E-state index in [0.717, 1.165) is 68.7 Å². The fraction of sp³-hybridized carbons (Fsp3) is 0.652. The molecule has 0 amide bonds. The monoisotopic (exact) mass is 388 g/mol. The lowest BCUT2D eigenvalue weighted by Crippen LogP contribution is -2.72. The summed E-state index contributed by atoms with van der Waals surface area (Å²) in [6.07, 6.45) is 8.21. The molecule has 156 valence electrons. The van der Waals surface area contributed by atoms with Crippen LogP contribution in [0.3, 0.4) is 0 Å². The molecule has 5 rings (SSSR count).